The van der Waals surface area contributed by atoms with Gasteiger partial charge in [-0.2, -0.15) is 0 Å². The van der Waals surface area contributed by atoms with Crippen LogP contribution in [0.25, 0.3) is 0 Å². The van der Waals surface area contributed by atoms with Crippen molar-refractivity contribution in [3.63, 3.8) is 0 Å². The number of hydrogen-bond acceptors (Lipinski definition) is 5. The van der Waals surface area contributed by atoms with Crippen molar-refractivity contribution >= 4 is 5.91 Å². The first-order valence-electron chi connectivity index (χ1n) is 9.35. The van der Waals surface area contributed by atoms with E-state index < -0.39 is 0 Å². The normalized spacial score (nSPS) is 31.9. The Morgan fingerprint density at radius 1 is 1.32 bits per heavy atom. The minimum Gasteiger partial charge on any atom is -0.374 e. The average Bonchev–Trinajstić information content (AvgIpc) is 3.32. The van der Waals surface area contributed by atoms with Gasteiger partial charge in [0.1, 0.15) is 6.10 Å². The monoisotopic (exact) mass is 346 g/mol. The summed E-state index contributed by atoms with van der Waals surface area (Å²) in [6, 6.07) is 4.14. The SMILES string of the molecule is O=C([C@H]1CCCO1)N1CC[C@@H]2O[C@@H](COCc3cccnc3)CC[C@@H]21. The summed E-state index contributed by atoms with van der Waals surface area (Å²) >= 11 is 0. The molecule has 1 aromatic rings. The van der Waals surface area contributed by atoms with E-state index in [1.165, 1.54) is 0 Å². The molecule has 25 heavy (non-hydrogen) atoms. The Morgan fingerprint density at radius 3 is 3.08 bits per heavy atom. The highest BCUT2D eigenvalue weighted by molar-refractivity contribution is 5.81. The first-order valence-corrected chi connectivity index (χ1v) is 9.35. The maximum atomic E-state index is 12.6. The lowest BCUT2D eigenvalue weighted by molar-refractivity contribution is -0.148. The summed E-state index contributed by atoms with van der Waals surface area (Å²) in [4.78, 5) is 18.7. The summed E-state index contributed by atoms with van der Waals surface area (Å²) < 4.78 is 17.6. The molecule has 4 atom stereocenters. The van der Waals surface area contributed by atoms with E-state index in [4.69, 9.17) is 14.2 Å². The van der Waals surface area contributed by atoms with Crippen molar-refractivity contribution in [2.45, 2.75) is 63.1 Å². The van der Waals surface area contributed by atoms with Gasteiger partial charge >= 0.3 is 0 Å². The second kappa shape index (κ2) is 7.81. The number of fused-ring (bicyclic) bond motifs is 1. The maximum Gasteiger partial charge on any atom is 0.252 e. The molecule has 6 heteroatoms. The van der Waals surface area contributed by atoms with Crippen LogP contribution >= 0.6 is 0 Å². The van der Waals surface area contributed by atoms with Gasteiger partial charge in [-0.1, -0.05) is 6.07 Å². The van der Waals surface area contributed by atoms with E-state index in [1.807, 2.05) is 23.2 Å². The molecular weight excluding hydrogens is 320 g/mol. The Balaban J connectivity index is 1.25. The highest BCUT2D eigenvalue weighted by atomic mass is 16.5. The molecule has 136 valence electrons. The fraction of sp³-hybridized carbons (Fsp3) is 0.684. The Morgan fingerprint density at radius 2 is 2.28 bits per heavy atom. The van der Waals surface area contributed by atoms with Crippen molar-refractivity contribution in [2.75, 3.05) is 19.8 Å². The number of nitrogens with zero attached hydrogens (tertiary/aromatic N) is 2. The van der Waals surface area contributed by atoms with E-state index >= 15 is 0 Å². The zero-order valence-corrected chi connectivity index (χ0v) is 14.5. The lowest BCUT2D eigenvalue weighted by Gasteiger charge is -2.36. The fourth-order valence-corrected chi connectivity index (χ4v) is 4.14. The number of likely N-dealkylation sites (tertiary alicyclic amines) is 1. The predicted octanol–water partition coefficient (Wildman–Crippen LogP) is 1.93. The zero-order chi connectivity index (χ0) is 17.1. The van der Waals surface area contributed by atoms with Crippen molar-refractivity contribution < 1.29 is 19.0 Å². The van der Waals surface area contributed by atoms with E-state index in [-0.39, 0.29) is 30.3 Å². The summed E-state index contributed by atoms with van der Waals surface area (Å²) in [5, 5.41) is 0. The van der Waals surface area contributed by atoms with Crippen molar-refractivity contribution in [1.82, 2.24) is 9.88 Å². The van der Waals surface area contributed by atoms with Crippen LogP contribution in [0.1, 0.15) is 37.7 Å². The van der Waals surface area contributed by atoms with Crippen LogP contribution in [0.3, 0.4) is 0 Å². The van der Waals surface area contributed by atoms with Crippen LogP contribution < -0.4 is 0 Å². The summed E-state index contributed by atoms with van der Waals surface area (Å²) in [5.41, 5.74) is 1.07. The molecule has 6 nitrogen and oxygen atoms in total. The number of ether oxygens (including phenoxy) is 3. The molecule has 4 heterocycles. The minimum atomic E-state index is -0.223. The van der Waals surface area contributed by atoms with E-state index in [9.17, 15) is 4.79 Å². The first-order chi connectivity index (χ1) is 12.3. The molecule has 0 aliphatic carbocycles. The molecule has 4 rings (SSSR count). The zero-order valence-electron chi connectivity index (χ0n) is 14.5. The van der Waals surface area contributed by atoms with Crippen LogP contribution in [-0.2, 0) is 25.6 Å². The van der Waals surface area contributed by atoms with Crippen LogP contribution in [0.2, 0.25) is 0 Å². The molecule has 0 N–H and O–H groups in total. The maximum absolute atomic E-state index is 12.6. The molecular formula is C19H26N2O4. The van der Waals surface area contributed by atoms with Gasteiger partial charge in [0.15, 0.2) is 0 Å². The molecule has 0 unspecified atom stereocenters. The van der Waals surface area contributed by atoms with E-state index in [2.05, 4.69) is 4.98 Å². The lowest BCUT2D eigenvalue weighted by Crippen LogP contribution is -2.48. The molecule has 0 spiro atoms. The van der Waals surface area contributed by atoms with Gasteiger partial charge < -0.3 is 19.1 Å². The Labute approximate surface area is 148 Å². The van der Waals surface area contributed by atoms with Crippen LogP contribution in [0.5, 0.6) is 0 Å². The lowest BCUT2D eigenvalue weighted by atomic mass is 9.99. The smallest absolute Gasteiger partial charge is 0.252 e. The molecule has 3 saturated heterocycles. The van der Waals surface area contributed by atoms with Gasteiger partial charge in [-0.15, -0.1) is 0 Å². The Kier molecular flexibility index (Phi) is 5.29. The van der Waals surface area contributed by atoms with Gasteiger partial charge in [-0.3, -0.25) is 9.78 Å². The van der Waals surface area contributed by atoms with Crippen molar-refractivity contribution in [2.24, 2.45) is 0 Å². The largest absolute Gasteiger partial charge is 0.374 e. The molecule has 0 saturated carbocycles. The molecule has 3 fully saturated rings. The molecule has 1 aromatic heterocycles. The van der Waals surface area contributed by atoms with Crippen LogP contribution in [0.4, 0.5) is 0 Å². The van der Waals surface area contributed by atoms with Crippen molar-refractivity contribution in [1.29, 1.82) is 0 Å². The Bertz CT molecular complexity index is 576. The average molecular weight is 346 g/mol. The highest BCUT2D eigenvalue weighted by Gasteiger charge is 2.44. The summed E-state index contributed by atoms with van der Waals surface area (Å²) in [6.07, 6.45) is 8.32. The van der Waals surface area contributed by atoms with E-state index in [0.29, 0.717) is 19.8 Å². The second-order valence-electron chi connectivity index (χ2n) is 7.14. The number of pyridine rings is 1. The molecule has 3 aliphatic heterocycles. The quantitative estimate of drug-likeness (QED) is 0.815. The van der Waals surface area contributed by atoms with E-state index in [0.717, 1.165) is 44.2 Å². The van der Waals surface area contributed by atoms with Crippen LogP contribution in [-0.4, -0.2) is 59.9 Å². The molecule has 0 aromatic carbocycles. The van der Waals surface area contributed by atoms with Crippen molar-refractivity contribution in [3.05, 3.63) is 30.1 Å². The third-order valence-corrected chi connectivity index (χ3v) is 5.42. The Hall–Kier alpha value is -1.50. The number of carbonyl (C=O) groups is 1. The summed E-state index contributed by atoms with van der Waals surface area (Å²) in [6.45, 7) is 2.66. The topological polar surface area (TPSA) is 60.9 Å². The molecule has 0 radical (unpaired) electrons. The third kappa shape index (κ3) is 3.86. The van der Waals surface area contributed by atoms with Crippen LogP contribution in [0.15, 0.2) is 24.5 Å². The van der Waals surface area contributed by atoms with Crippen molar-refractivity contribution in [3.8, 4) is 0 Å². The highest BCUT2D eigenvalue weighted by Crippen LogP contribution is 2.33. The number of rotatable bonds is 5. The number of aromatic nitrogens is 1. The van der Waals surface area contributed by atoms with Gasteiger partial charge in [-0.25, -0.2) is 0 Å². The third-order valence-electron chi connectivity index (χ3n) is 5.42. The first kappa shape index (κ1) is 16.9. The van der Waals surface area contributed by atoms with Gasteiger partial charge in [-0.05, 0) is 43.7 Å². The minimum absolute atomic E-state index is 0.121. The molecule has 3 aliphatic rings. The summed E-state index contributed by atoms with van der Waals surface area (Å²) in [5.74, 6) is 0.167. The fourth-order valence-electron chi connectivity index (χ4n) is 4.14. The predicted molar refractivity (Wildman–Crippen MR) is 90.9 cm³/mol. The number of amides is 1. The number of carbonyl (C=O) groups excluding carboxylic acids is 1. The number of hydrogen-bond donors (Lipinski definition) is 0. The van der Waals surface area contributed by atoms with Gasteiger partial charge in [0, 0.05) is 25.5 Å². The van der Waals surface area contributed by atoms with Gasteiger partial charge in [0.05, 0.1) is 31.5 Å². The second-order valence-corrected chi connectivity index (χ2v) is 7.14. The van der Waals surface area contributed by atoms with Gasteiger partial charge in [0.25, 0.3) is 5.91 Å². The van der Waals surface area contributed by atoms with Crippen LogP contribution in [0, 0.1) is 0 Å². The summed E-state index contributed by atoms with van der Waals surface area (Å²) in [7, 11) is 0. The standard InChI is InChI=1S/C19H26N2O4/c22-19(18-4-2-10-24-18)21-9-7-17-16(21)6-5-15(25-17)13-23-12-14-3-1-8-20-11-14/h1,3,8,11,15-18H,2,4-7,9-10,12-13H2/t15-,16+,17+,18-/m1/s1. The molecule has 1 amide bonds. The van der Waals surface area contributed by atoms with Gasteiger partial charge in [0.2, 0.25) is 0 Å². The van der Waals surface area contributed by atoms with E-state index in [1.54, 1.807) is 6.20 Å². The molecule has 0 bridgehead atoms.